The summed E-state index contributed by atoms with van der Waals surface area (Å²) in [7, 11) is 0. The van der Waals surface area contributed by atoms with Gasteiger partial charge >= 0.3 is 0 Å². The molecule has 2 atom stereocenters. The molecule has 0 aliphatic heterocycles. The van der Waals surface area contributed by atoms with Gasteiger partial charge in [-0.05, 0) is 31.5 Å². The average Bonchev–Trinajstić information content (AvgIpc) is 2.15. The third-order valence-electron chi connectivity index (χ3n) is 2.01. The molecule has 3 heteroatoms. The summed E-state index contributed by atoms with van der Waals surface area (Å²) in [6.45, 7) is 4.12. The third kappa shape index (κ3) is 2.72. The van der Waals surface area contributed by atoms with Crippen LogP contribution in [0.3, 0.4) is 0 Å². The number of aliphatic hydroxyl groups excluding tert-OH is 1. The van der Waals surface area contributed by atoms with E-state index in [-0.39, 0.29) is 11.9 Å². The SMILES string of the molecule is CCO[C@H](c1ccc(O)cc1)[C@H](C)O. The quantitative estimate of drug-likeness (QED) is 0.772. The fourth-order valence-corrected chi connectivity index (χ4v) is 1.36. The van der Waals surface area contributed by atoms with E-state index in [1.165, 1.54) is 0 Å². The molecule has 0 unspecified atom stereocenters. The second-order valence-electron chi connectivity index (χ2n) is 3.21. The Morgan fingerprint density at radius 2 is 1.86 bits per heavy atom. The number of hydrogen-bond donors (Lipinski definition) is 2. The molecule has 1 aromatic rings. The number of hydrogen-bond acceptors (Lipinski definition) is 3. The van der Waals surface area contributed by atoms with E-state index < -0.39 is 6.10 Å². The van der Waals surface area contributed by atoms with Crippen molar-refractivity contribution < 1.29 is 14.9 Å². The topological polar surface area (TPSA) is 49.7 Å². The Morgan fingerprint density at radius 3 is 2.29 bits per heavy atom. The van der Waals surface area contributed by atoms with Gasteiger partial charge in [0, 0.05) is 6.61 Å². The first-order valence-electron chi connectivity index (χ1n) is 4.73. The summed E-state index contributed by atoms with van der Waals surface area (Å²) in [6.07, 6.45) is -0.875. The number of aromatic hydroxyl groups is 1. The first-order chi connectivity index (χ1) is 6.65. The Balaban J connectivity index is 2.82. The minimum atomic E-state index is -0.556. The molecule has 0 bridgehead atoms. The van der Waals surface area contributed by atoms with Crippen molar-refractivity contribution in [2.45, 2.75) is 26.1 Å². The van der Waals surface area contributed by atoms with E-state index in [9.17, 15) is 5.11 Å². The second kappa shape index (κ2) is 4.98. The highest BCUT2D eigenvalue weighted by molar-refractivity contribution is 5.27. The van der Waals surface area contributed by atoms with Gasteiger partial charge in [-0.25, -0.2) is 0 Å². The van der Waals surface area contributed by atoms with Gasteiger partial charge in [0.15, 0.2) is 0 Å². The first kappa shape index (κ1) is 11.0. The van der Waals surface area contributed by atoms with Gasteiger partial charge in [0.05, 0.1) is 6.10 Å². The van der Waals surface area contributed by atoms with E-state index in [2.05, 4.69) is 0 Å². The standard InChI is InChI=1S/C11H16O3/c1-3-14-11(8(2)12)9-4-6-10(13)7-5-9/h4-8,11-13H,3H2,1-2H3/t8-,11-/m0/s1. The maximum absolute atomic E-state index is 9.48. The molecular weight excluding hydrogens is 180 g/mol. The van der Waals surface area contributed by atoms with Gasteiger partial charge < -0.3 is 14.9 Å². The van der Waals surface area contributed by atoms with Gasteiger partial charge in [0.1, 0.15) is 11.9 Å². The van der Waals surface area contributed by atoms with Crippen molar-refractivity contribution in [2.75, 3.05) is 6.61 Å². The van der Waals surface area contributed by atoms with E-state index in [0.29, 0.717) is 6.61 Å². The summed E-state index contributed by atoms with van der Waals surface area (Å²) in [4.78, 5) is 0. The van der Waals surface area contributed by atoms with Crippen LogP contribution in [0.4, 0.5) is 0 Å². The summed E-state index contributed by atoms with van der Waals surface area (Å²) in [5.41, 5.74) is 0.875. The molecule has 0 radical (unpaired) electrons. The molecule has 0 aromatic heterocycles. The molecular formula is C11H16O3. The highest BCUT2D eigenvalue weighted by Gasteiger charge is 2.16. The number of aliphatic hydroxyl groups is 1. The molecule has 1 rings (SSSR count). The highest BCUT2D eigenvalue weighted by Crippen LogP contribution is 2.23. The van der Waals surface area contributed by atoms with Crippen LogP contribution in [0.5, 0.6) is 5.75 Å². The Kier molecular flexibility index (Phi) is 3.92. The lowest BCUT2D eigenvalue weighted by atomic mass is 10.1. The summed E-state index contributed by atoms with van der Waals surface area (Å²) < 4.78 is 5.40. The summed E-state index contributed by atoms with van der Waals surface area (Å²) in [6, 6.07) is 6.68. The molecule has 0 saturated heterocycles. The van der Waals surface area contributed by atoms with E-state index in [0.717, 1.165) is 5.56 Å². The Hall–Kier alpha value is -1.06. The number of benzene rings is 1. The predicted octanol–water partition coefficient (Wildman–Crippen LogP) is 1.85. The summed E-state index contributed by atoms with van der Waals surface area (Å²) in [5, 5.41) is 18.6. The molecule has 0 heterocycles. The zero-order valence-corrected chi connectivity index (χ0v) is 8.47. The molecule has 3 nitrogen and oxygen atoms in total. The molecule has 0 aliphatic carbocycles. The lowest BCUT2D eigenvalue weighted by Crippen LogP contribution is -2.17. The van der Waals surface area contributed by atoms with Crippen LogP contribution in [0.15, 0.2) is 24.3 Å². The zero-order chi connectivity index (χ0) is 10.6. The summed E-state index contributed by atoms with van der Waals surface area (Å²) in [5.74, 6) is 0.217. The molecule has 78 valence electrons. The molecule has 1 aromatic carbocycles. The van der Waals surface area contributed by atoms with Gasteiger partial charge in [-0.1, -0.05) is 12.1 Å². The van der Waals surface area contributed by atoms with Crippen molar-refractivity contribution in [3.63, 3.8) is 0 Å². The fourth-order valence-electron chi connectivity index (χ4n) is 1.36. The zero-order valence-electron chi connectivity index (χ0n) is 8.47. The van der Waals surface area contributed by atoms with Gasteiger partial charge in [-0.2, -0.15) is 0 Å². The maximum Gasteiger partial charge on any atom is 0.115 e. The maximum atomic E-state index is 9.48. The number of phenols is 1. The minimum absolute atomic E-state index is 0.217. The number of rotatable bonds is 4. The van der Waals surface area contributed by atoms with Crippen LogP contribution in [-0.4, -0.2) is 22.9 Å². The molecule has 0 spiro atoms. The van der Waals surface area contributed by atoms with Crippen LogP contribution in [-0.2, 0) is 4.74 Å². The first-order valence-corrected chi connectivity index (χ1v) is 4.73. The largest absolute Gasteiger partial charge is 0.508 e. The fraction of sp³-hybridized carbons (Fsp3) is 0.455. The van der Waals surface area contributed by atoms with Crippen LogP contribution in [0.2, 0.25) is 0 Å². The van der Waals surface area contributed by atoms with Gasteiger partial charge in [-0.15, -0.1) is 0 Å². The summed E-state index contributed by atoms with van der Waals surface area (Å²) >= 11 is 0. The van der Waals surface area contributed by atoms with Crippen molar-refractivity contribution in [3.05, 3.63) is 29.8 Å². The van der Waals surface area contributed by atoms with Crippen molar-refractivity contribution >= 4 is 0 Å². The van der Waals surface area contributed by atoms with E-state index in [1.807, 2.05) is 6.92 Å². The lowest BCUT2D eigenvalue weighted by molar-refractivity contribution is -0.0259. The van der Waals surface area contributed by atoms with Crippen molar-refractivity contribution in [2.24, 2.45) is 0 Å². The highest BCUT2D eigenvalue weighted by atomic mass is 16.5. The monoisotopic (exact) mass is 196 g/mol. The number of ether oxygens (including phenoxy) is 1. The van der Waals surface area contributed by atoms with Gasteiger partial charge in [0.25, 0.3) is 0 Å². The van der Waals surface area contributed by atoms with Gasteiger partial charge in [-0.3, -0.25) is 0 Å². The number of phenolic OH excluding ortho intramolecular Hbond substituents is 1. The van der Waals surface area contributed by atoms with E-state index >= 15 is 0 Å². The smallest absolute Gasteiger partial charge is 0.115 e. The Labute approximate surface area is 84.0 Å². The van der Waals surface area contributed by atoms with Crippen LogP contribution >= 0.6 is 0 Å². The predicted molar refractivity (Wildman–Crippen MR) is 54.2 cm³/mol. The Morgan fingerprint density at radius 1 is 1.29 bits per heavy atom. The molecule has 0 saturated carbocycles. The molecule has 2 N–H and O–H groups in total. The van der Waals surface area contributed by atoms with Crippen molar-refractivity contribution in [3.8, 4) is 5.75 Å². The van der Waals surface area contributed by atoms with Gasteiger partial charge in [0.2, 0.25) is 0 Å². The average molecular weight is 196 g/mol. The van der Waals surface area contributed by atoms with Crippen molar-refractivity contribution in [1.82, 2.24) is 0 Å². The van der Waals surface area contributed by atoms with Crippen molar-refractivity contribution in [1.29, 1.82) is 0 Å². The second-order valence-corrected chi connectivity index (χ2v) is 3.21. The molecule has 0 amide bonds. The molecule has 0 fully saturated rings. The third-order valence-corrected chi connectivity index (χ3v) is 2.01. The van der Waals surface area contributed by atoms with E-state index in [1.54, 1.807) is 31.2 Å². The van der Waals surface area contributed by atoms with Crippen LogP contribution in [0.25, 0.3) is 0 Å². The van der Waals surface area contributed by atoms with Crippen LogP contribution < -0.4 is 0 Å². The Bertz CT molecular complexity index is 266. The lowest BCUT2D eigenvalue weighted by Gasteiger charge is -2.20. The molecule has 0 aliphatic rings. The minimum Gasteiger partial charge on any atom is -0.508 e. The van der Waals surface area contributed by atoms with E-state index in [4.69, 9.17) is 9.84 Å². The van der Waals surface area contributed by atoms with Crippen LogP contribution in [0, 0.1) is 0 Å². The van der Waals surface area contributed by atoms with Crippen LogP contribution in [0.1, 0.15) is 25.5 Å². The normalized spacial score (nSPS) is 15.1. The molecule has 14 heavy (non-hydrogen) atoms.